The van der Waals surface area contributed by atoms with Gasteiger partial charge in [-0.3, -0.25) is 4.79 Å². The Hall–Kier alpha value is -2.41. The van der Waals surface area contributed by atoms with Crippen LogP contribution >= 0.6 is 11.6 Å². The molecule has 1 aromatic carbocycles. The highest BCUT2D eigenvalue weighted by atomic mass is 35.5. The number of halogens is 1. The van der Waals surface area contributed by atoms with Crippen LogP contribution in [0.2, 0.25) is 5.02 Å². The highest BCUT2D eigenvalue weighted by Gasteiger charge is 2.40. The zero-order valence-corrected chi connectivity index (χ0v) is 15.7. The van der Waals surface area contributed by atoms with E-state index in [1.807, 2.05) is 12.1 Å². The van der Waals surface area contributed by atoms with Crippen LogP contribution in [-0.2, 0) is 14.3 Å². The Kier molecular flexibility index (Phi) is 6.11. The Bertz CT molecular complexity index is 785. The average molecular weight is 389 g/mol. The Labute approximate surface area is 163 Å². The van der Waals surface area contributed by atoms with Gasteiger partial charge in [-0.15, -0.1) is 0 Å². The van der Waals surface area contributed by atoms with E-state index in [2.05, 4.69) is 16.9 Å². The van der Waals surface area contributed by atoms with Gasteiger partial charge in [0.2, 0.25) is 11.8 Å². The molecule has 2 heterocycles. The first kappa shape index (κ1) is 19.4. The molecule has 1 fully saturated rings. The lowest BCUT2D eigenvalue weighted by molar-refractivity contribution is -0.226. The van der Waals surface area contributed by atoms with Crippen LogP contribution in [0.15, 0.2) is 55.3 Å². The molecule has 1 saturated heterocycles. The maximum absolute atomic E-state index is 12.7. The van der Waals surface area contributed by atoms with Gasteiger partial charge in [-0.1, -0.05) is 36.4 Å². The number of hydrogen-bond acceptors (Lipinski definition) is 5. The zero-order valence-electron chi connectivity index (χ0n) is 15.0. The molecule has 0 atom stereocenters. The quantitative estimate of drug-likeness (QED) is 0.758. The van der Waals surface area contributed by atoms with E-state index in [4.69, 9.17) is 25.8 Å². The highest BCUT2D eigenvalue weighted by Crippen LogP contribution is 2.33. The minimum absolute atomic E-state index is 0.196. The second kappa shape index (κ2) is 8.52. The Morgan fingerprint density at radius 1 is 1.33 bits per heavy atom. The van der Waals surface area contributed by atoms with Gasteiger partial charge in [-0.2, -0.15) is 0 Å². The second-order valence-electron chi connectivity index (χ2n) is 6.51. The Morgan fingerprint density at radius 3 is 2.63 bits per heavy atom. The third-order valence-electron chi connectivity index (χ3n) is 4.14. The van der Waals surface area contributed by atoms with Crippen molar-refractivity contribution in [2.75, 3.05) is 25.1 Å². The molecule has 0 bridgehead atoms. The summed E-state index contributed by atoms with van der Waals surface area (Å²) >= 11 is 5.90. The van der Waals surface area contributed by atoms with Gasteiger partial charge in [0.05, 0.1) is 30.5 Å². The van der Waals surface area contributed by atoms with Crippen molar-refractivity contribution in [3.05, 3.63) is 65.8 Å². The van der Waals surface area contributed by atoms with Crippen molar-refractivity contribution >= 4 is 23.2 Å². The number of ether oxygens (including phenoxy) is 3. The van der Waals surface area contributed by atoms with E-state index in [1.165, 1.54) is 0 Å². The molecule has 0 radical (unpaired) electrons. The topological polar surface area (TPSA) is 69.7 Å². The number of amides is 1. The SMILES string of the molecule is C=CCOc1ccc(NC(=O)C2(C)COC(c3ccc(Cl)cc3)OC2)cn1. The van der Waals surface area contributed by atoms with E-state index >= 15 is 0 Å². The van der Waals surface area contributed by atoms with E-state index < -0.39 is 11.7 Å². The van der Waals surface area contributed by atoms with Crippen molar-refractivity contribution in [1.82, 2.24) is 4.98 Å². The third-order valence-corrected chi connectivity index (χ3v) is 4.39. The lowest BCUT2D eigenvalue weighted by Gasteiger charge is -2.36. The molecule has 2 aromatic rings. The number of rotatable bonds is 6. The number of nitrogens with zero attached hydrogens (tertiary/aromatic N) is 1. The van der Waals surface area contributed by atoms with Crippen molar-refractivity contribution in [3.63, 3.8) is 0 Å². The van der Waals surface area contributed by atoms with E-state index in [-0.39, 0.29) is 19.1 Å². The summed E-state index contributed by atoms with van der Waals surface area (Å²) in [7, 11) is 0. The van der Waals surface area contributed by atoms with Gasteiger partial charge in [0.1, 0.15) is 6.61 Å². The summed E-state index contributed by atoms with van der Waals surface area (Å²) in [4.78, 5) is 16.8. The minimum Gasteiger partial charge on any atom is -0.473 e. The molecule has 1 N–H and O–H groups in total. The van der Waals surface area contributed by atoms with Crippen LogP contribution in [0.5, 0.6) is 5.88 Å². The summed E-state index contributed by atoms with van der Waals surface area (Å²) in [6.07, 6.45) is 2.67. The van der Waals surface area contributed by atoms with Crippen molar-refractivity contribution in [2.24, 2.45) is 5.41 Å². The number of carbonyl (C=O) groups is 1. The number of nitrogens with one attached hydrogen (secondary N) is 1. The predicted octanol–water partition coefficient (Wildman–Crippen LogP) is 3.99. The maximum Gasteiger partial charge on any atom is 0.235 e. The molecule has 0 saturated carbocycles. The smallest absolute Gasteiger partial charge is 0.235 e. The van der Waals surface area contributed by atoms with Gasteiger partial charge in [-0.05, 0) is 25.1 Å². The molecule has 6 nitrogen and oxygen atoms in total. The number of pyridine rings is 1. The van der Waals surface area contributed by atoms with Gasteiger partial charge < -0.3 is 19.5 Å². The first-order valence-corrected chi connectivity index (χ1v) is 8.88. The van der Waals surface area contributed by atoms with Crippen molar-refractivity contribution in [2.45, 2.75) is 13.2 Å². The monoisotopic (exact) mass is 388 g/mol. The molecular formula is C20H21ClN2O4. The Morgan fingerprint density at radius 2 is 2.04 bits per heavy atom. The lowest BCUT2D eigenvalue weighted by atomic mass is 9.90. The largest absolute Gasteiger partial charge is 0.473 e. The average Bonchev–Trinajstić information content (AvgIpc) is 2.69. The maximum atomic E-state index is 12.7. The van der Waals surface area contributed by atoms with Crippen LogP contribution < -0.4 is 10.1 Å². The molecule has 0 unspecified atom stereocenters. The molecule has 0 spiro atoms. The normalized spacial score (nSPS) is 22.1. The summed E-state index contributed by atoms with van der Waals surface area (Å²) in [6.45, 7) is 6.23. The minimum atomic E-state index is -0.805. The van der Waals surface area contributed by atoms with Crippen molar-refractivity contribution < 1.29 is 19.0 Å². The van der Waals surface area contributed by atoms with E-state index in [0.29, 0.717) is 23.2 Å². The van der Waals surface area contributed by atoms with E-state index in [9.17, 15) is 4.79 Å². The summed E-state index contributed by atoms with van der Waals surface area (Å²) in [5.41, 5.74) is 0.633. The van der Waals surface area contributed by atoms with E-state index in [0.717, 1.165) is 5.56 Å². The predicted molar refractivity (Wildman–Crippen MR) is 103 cm³/mol. The fourth-order valence-corrected chi connectivity index (χ4v) is 2.64. The van der Waals surface area contributed by atoms with Crippen LogP contribution in [0.3, 0.4) is 0 Å². The zero-order chi connectivity index (χ0) is 19.3. The molecule has 1 aliphatic heterocycles. The van der Waals surface area contributed by atoms with Crippen LogP contribution in [0.25, 0.3) is 0 Å². The molecule has 1 aliphatic rings. The Balaban J connectivity index is 1.57. The molecule has 3 rings (SSSR count). The van der Waals surface area contributed by atoms with Gasteiger partial charge >= 0.3 is 0 Å². The van der Waals surface area contributed by atoms with Crippen molar-refractivity contribution in [3.8, 4) is 5.88 Å². The van der Waals surface area contributed by atoms with E-state index in [1.54, 1.807) is 43.5 Å². The standard InChI is InChI=1S/C20H21ClN2O4/c1-3-10-25-17-9-8-16(11-22-17)23-19(24)20(2)12-26-18(27-13-20)14-4-6-15(21)7-5-14/h3-9,11,18H,1,10,12-13H2,2H3,(H,23,24). The van der Waals surface area contributed by atoms with Gasteiger partial charge in [0.25, 0.3) is 0 Å². The van der Waals surface area contributed by atoms with Crippen LogP contribution in [0, 0.1) is 5.41 Å². The summed E-state index contributed by atoms with van der Waals surface area (Å²) < 4.78 is 16.9. The molecule has 27 heavy (non-hydrogen) atoms. The molecular weight excluding hydrogens is 368 g/mol. The summed E-state index contributed by atoms with van der Waals surface area (Å²) in [5, 5.41) is 3.49. The van der Waals surface area contributed by atoms with Gasteiger partial charge in [0.15, 0.2) is 6.29 Å². The summed E-state index contributed by atoms with van der Waals surface area (Å²) in [5.74, 6) is 0.271. The fourth-order valence-electron chi connectivity index (χ4n) is 2.52. The van der Waals surface area contributed by atoms with Crippen molar-refractivity contribution in [1.29, 1.82) is 0 Å². The molecule has 1 aromatic heterocycles. The number of hydrogen-bond donors (Lipinski definition) is 1. The second-order valence-corrected chi connectivity index (χ2v) is 6.94. The number of carbonyl (C=O) groups excluding carboxylic acids is 1. The van der Waals surface area contributed by atoms with Gasteiger partial charge in [0, 0.05) is 16.7 Å². The first-order chi connectivity index (χ1) is 13.0. The van der Waals surface area contributed by atoms with Crippen LogP contribution in [0.4, 0.5) is 5.69 Å². The van der Waals surface area contributed by atoms with Gasteiger partial charge in [-0.25, -0.2) is 4.98 Å². The molecule has 142 valence electrons. The van der Waals surface area contributed by atoms with Crippen LogP contribution in [-0.4, -0.2) is 30.7 Å². The highest BCUT2D eigenvalue weighted by molar-refractivity contribution is 6.30. The third kappa shape index (κ3) is 4.86. The number of aromatic nitrogens is 1. The molecule has 1 amide bonds. The number of benzene rings is 1. The fraction of sp³-hybridized carbons (Fsp3) is 0.300. The molecule has 7 heteroatoms. The molecule has 0 aliphatic carbocycles. The van der Waals surface area contributed by atoms with Crippen LogP contribution in [0.1, 0.15) is 18.8 Å². The first-order valence-electron chi connectivity index (χ1n) is 8.50. The lowest BCUT2D eigenvalue weighted by Crippen LogP contribution is -2.45. The number of anilines is 1. The summed E-state index contributed by atoms with van der Waals surface area (Å²) in [6, 6.07) is 10.7.